The molecular weight excluding hydrogens is 354 g/mol. The Labute approximate surface area is 157 Å². The number of fused-ring (bicyclic) bond motifs is 1. The quantitative estimate of drug-likeness (QED) is 0.581. The summed E-state index contributed by atoms with van der Waals surface area (Å²) in [5.41, 5.74) is 1.56. The average molecular weight is 379 g/mol. The second kappa shape index (κ2) is 8.03. The third-order valence-electron chi connectivity index (χ3n) is 5.29. The first kappa shape index (κ1) is 20.2. The average Bonchev–Trinajstić information content (AvgIpc) is 2.96. The molecule has 0 bridgehead atoms. The molecule has 26 heavy (non-hydrogen) atoms. The molecule has 142 valence electrons. The van der Waals surface area contributed by atoms with Crippen LogP contribution in [0.3, 0.4) is 0 Å². The SMILES string of the molecule is CCC(C)(C)C1CCc2c(sc(NC(=O)/C=C/C(=O)O)c2C(=O)OC)C1. The van der Waals surface area contributed by atoms with Gasteiger partial charge in [-0.15, -0.1) is 11.3 Å². The molecule has 0 spiro atoms. The van der Waals surface area contributed by atoms with Crippen LogP contribution in [0, 0.1) is 11.3 Å². The van der Waals surface area contributed by atoms with Gasteiger partial charge in [-0.2, -0.15) is 0 Å². The predicted molar refractivity (Wildman–Crippen MR) is 101 cm³/mol. The molecule has 0 saturated carbocycles. The lowest BCUT2D eigenvalue weighted by Gasteiger charge is -2.36. The van der Waals surface area contributed by atoms with Gasteiger partial charge in [0.05, 0.1) is 12.7 Å². The van der Waals surface area contributed by atoms with E-state index in [0.29, 0.717) is 16.5 Å². The number of carboxylic acids is 1. The highest BCUT2D eigenvalue weighted by molar-refractivity contribution is 7.17. The van der Waals surface area contributed by atoms with Gasteiger partial charge >= 0.3 is 11.9 Å². The Hall–Kier alpha value is -2.15. The zero-order chi connectivity index (χ0) is 19.5. The van der Waals surface area contributed by atoms with E-state index in [9.17, 15) is 14.4 Å². The van der Waals surface area contributed by atoms with Crippen molar-refractivity contribution in [3.05, 3.63) is 28.2 Å². The molecular formula is C19H25NO5S. The second-order valence-electron chi connectivity index (χ2n) is 7.14. The van der Waals surface area contributed by atoms with Crippen LogP contribution < -0.4 is 5.32 Å². The molecule has 1 amide bonds. The fraction of sp³-hybridized carbons (Fsp3) is 0.526. The van der Waals surface area contributed by atoms with Crippen LogP contribution in [0.1, 0.15) is 54.4 Å². The summed E-state index contributed by atoms with van der Waals surface area (Å²) >= 11 is 1.38. The maximum Gasteiger partial charge on any atom is 0.341 e. The van der Waals surface area contributed by atoms with Crippen molar-refractivity contribution < 1.29 is 24.2 Å². The molecule has 6 nitrogen and oxygen atoms in total. The molecule has 1 unspecified atom stereocenters. The Morgan fingerprint density at radius 3 is 2.62 bits per heavy atom. The van der Waals surface area contributed by atoms with Crippen LogP contribution in [-0.4, -0.2) is 30.1 Å². The molecule has 7 heteroatoms. The standard InChI is InChI=1S/C19H25NO5S/c1-5-19(2,3)11-6-7-12-13(10-11)26-17(16(12)18(24)25-4)20-14(21)8-9-15(22)23/h8-9,11H,5-7,10H2,1-4H3,(H,20,21)(H,22,23)/b9-8+. The first-order valence-corrected chi connectivity index (χ1v) is 9.46. The van der Waals surface area contributed by atoms with Gasteiger partial charge in [0, 0.05) is 17.0 Å². The van der Waals surface area contributed by atoms with Crippen LogP contribution in [0.5, 0.6) is 0 Å². The summed E-state index contributed by atoms with van der Waals surface area (Å²) in [5.74, 6) is -1.75. The van der Waals surface area contributed by atoms with Crippen molar-refractivity contribution in [2.75, 3.05) is 12.4 Å². The van der Waals surface area contributed by atoms with Gasteiger partial charge in [-0.3, -0.25) is 4.79 Å². The normalized spacial score (nSPS) is 17.0. The molecule has 2 N–H and O–H groups in total. The summed E-state index contributed by atoms with van der Waals surface area (Å²) in [7, 11) is 1.31. The van der Waals surface area contributed by atoms with Crippen LogP contribution in [-0.2, 0) is 27.2 Å². The Morgan fingerprint density at radius 1 is 1.35 bits per heavy atom. The third kappa shape index (κ3) is 4.33. The number of hydrogen-bond acceptors (Lipinski definition) is 5. The van der Waals surface area contributed by atoms with Crippen LogP contribution in [0.2, 0.25) is 0 Å². The Bertz CT molecular complexity index is 747. The summed E-state index contributed by atoms with van der Waals surface area (Å²) in [5, 5.41) is 11.7. The van der Waals surface area contributed by atoms with E-state index in [4.69, 9.17) is 9.84 Å². The summed E-state index contributed by atoms with van der Waals surface area (Å²) in [4.78, 5) is 35.9. The second-order valence-corrected chi connectivity index (χ2v) is 8.25. The maximum absolute atomic E-state index is 12.3. The fourth-order valence-corrected chi connectivity index (χ4v) is 4.57. The monoisotopic (exact) mass is 379 g/mol. The minimum absolute atomic E-state index is 0.209. The number of nitrogens with one attached hydrogen (secondary N) is 1. The van der Waals surface area contributed by atoms with Gasteiger partial charge in [0.1, 0.15) is 5.00 Å². The number of anilines is 1. The zero-order valence-electron chi connectivity index (χ0n) is 15.5. The van der Waals surface area contributed by atoms with E-state index in [1.807, 2.05) is 0 Å². The zero-order valence-corrected chi connectivity index (χ0v) is 16.4. The first-order chi connectivity index (χ1) is 12.2. The van der Waals surface area contributed by atoms with E-state index >= 15 is 0 Å². The molecule has 0 saturated heterocycles. The summed E-state index contributed by atoms with van der Waals surface area (Å²) in [6, 6.07) is 0. The van der Waals surface area contributed by atoms with Gasteiger partial charge in [-0.25, -0.2) is 9.59 Å². The largest absolute Gasteiger partial charge is 0.478 e. The number of hydrogen-bond donors (Lipinski definition) is 2. The number of esters is 1. The highest BCUT2D eigenvalue weighted by Gasteiger charge is 2.35. The molecule has 1 atom stereocenters. The molecule has 1 aliphatic rings. The van der Waals surface area contributed by atoms with Crippen LogP contribution in [0.25, 0.3) is 0 Å². The van der Waals surface area contributed by atoms with Crippen molar-refractivity contribution in [3.63, 3.8) is 0 Å². The number of amides is 1. The van der Waals surface area contributed by atoms with Gasteiger partial charge in [-0.05, 0) is 36.2 Å². The molecule has 0 fully saturated rings. The number of rotatable bonds is 6. The van der Waals surface area contributed by atoms with Crippen LogP contribution in [0.15, 0.2) is 12.2 Å². The Kier molecular flexibility index (Phi) is 6.23. The van der Waals surface area contributed by atoms with Crippen LogP contribution in [0.4, 0.5) is 5.00 Å². The molecule has 2 rings (SSSR count). The van der Waals surface area contributed by atoms with Crippen molar-refractivity contribution in [1.82, 2.24) is 0 Å². The van der Waals surface area contributed by atoms with Gasteiger partial charge in [0.25, 0.3) is 0 Å². The minimum atomic E-state index is -1.21. The minimum Gasteiger partial charge on any atom is -0.478 e. The van der Waals surface area contributed by atoms with Crippen molar-refractivity contribution >= 4 is 34.2 Å². The number of thiophene rings is 1. The Balaban J connectivity index is 2.34. The molecule has 1 aromatic rings. The molecule has 0 aromatic carbocycles. The number of carbonyl (C=O) groups excluding carboxylic acids is 2. The van der Waals surface area contributed by atoms with Gasteiger partial charge in [-0.1, -0.05) is 27.2 Å². The lowest BCUT2D eigenvalue weighted by molar-refractivity contribution is -0.131. The highest BCUT2D eigenvalue weighted by Crippen LogP contribution is 2.45. The van der Waals surface area contributed by atoms with Gasteiger partial charge < -0.3 is 15.2 Å². The number of methoxy groups -OCH3 is 1. The van der Waals surface area contributed by atoms with Gasteiger partial charge in [0.15, 0.2) is 0 Å². The lowest BCUT2D eigenvalue weighted by Crippen LogP contribution is -2.28. The number of ether oxygens (including phenoxy) is 1. The van der Waals surface area contributed by atoms with Crippen molar-refractivity contribution in [2.45, 2.75) is 46.5 Å². The van der Waals surface area contributed by atoms with Crippen molar-refractivity contribution in [2.24, 2.45) is 11.3 Å². The molecule has 1 aliphatic carbocycles. The fourth-order valence-electron chi connectivity index (χ4n) is 3.25. The molecule has 1 heterocycles. The molecule has 0 radical (unpaired) electrons. The number of aliphatic carboxylic acids is 1. The van der Waals surface area contributed by atoms with E-state index in [0.717, 1.165) is 48.3 Å². The van der Waals surface area contributed by atoms with E-state index in [2.05, 4.69) is 26.1 Å². The summed E-state index contributed by atoms with van der Waals surface area (Å²) in [6.07, 6.45) is 5.40. The summed E-state index contributed by atoms with van der Waals surface area (Å²) < 4.78 is 4.90. The predicted octanol–water partition coefficient (Wildman–Crippen LogP) is 3.66. The topological polar surface area (TPSA) is 92.7 Å². The van der Waals surface area contributed by atoms with E-state index in [1.165, 1.54) is 18.4 Å². The highest BCUT2D eigenvalue weighted by atomic mass is 32.1. The van der Waals surface area contributed by atoms with E-state index < -0.39 is 17.8 Å². The molecule has 1 aromatic heterocycles. The van der Waals surface area contributed by atoms with E-state index in [-0.39, 0.29) is 5.41 Å². The molecule has 0 aliphatic heterocycles. The smallest absolute Gasteiger partial charge is 0.341 e. The summed E-state index contributed by atoms with van der Waals surface area (Å²) in [6.45, 7) is 6.71. The number of carboxylic acid groups (broad SMARTS) is 1. The van der Waals surface area contributed by atoms with Gasteiger partial charge in [0.2, 0.25) is 5.91 Å². The third-order valence-corrected chi connectivity index (χ3v) is 6.45. The van der Waals surface area contributed by atoms with E-state index in [1.54, 1.807) is 0 Å². The van der Waals surface area contributed by atoms with Crippen molar-refractivity contribution in [3.8, 4) is 0 Å². The Morgan fingerprint density at radius 2 is 2.04 bits per heavy atom. The van der Waals surface area contributed by atoms with Crippen molar-refractivity contribution in [1.29, 1.82) is 0 Å². The first-order valence-electron chi connectivity index (χ1n) is 8.64. The van der Waals surface area contributed by atoms with Crippen LogP contribution >= 0.6 is 11.3 Å². The number of carbonyl (C=O) groups is 3. The maximum atomic E-state index is 12.3. The lowest BCUT2D eigenvalue weighted by atomic mass is 9.69.